The molecule has 0 bridgehead atoms. The van der Waals surface area contributed by atoms with Gasteiger partial charge in [0.2, 0.25) is 0 Å². The normalized spacial score (nSPS) is 12.1. The third-order valence-electron chi connectivity index (χ3n) is 3.78. The van der Waals surface area contributed by atoms with Crippen molar-refractivity contribution in [2.75, 3.05) is 0 Å². The average molecular weight is 346 g/mol. The van der Waals surface area contributed by atoms with E-state index in [1.807, 2.05) is 36.4 Å². The van der Waals surface area contributed by atoms with Gasteiger partial charge in [-0.15, -0.1) is 0 Å². The summed E-state index contributed by atoms with van der Waals surface area (Å²) in [4.78, 5) is 11.3. The first-order chi connectivity index (χ1) is 11.6. The number of rotatable bonds is 5. The summed E-state index contributed by atoms with van der Waals surface area (Å²) < 4.78 is 32.7. The van der Waals surface area contributed by atoms with Crippen LogP contribution in [0.4, 0.5) is 8.78 Å². The van der Waals surface area contributed by atoms with Gasteiger partial charge in [-0.1, -0.05) is 0 Å². The molecule has 1 N–H and O–H groups in total. The molecule has 0 fully saturated rings. The van der Waals surface area contributed by atoms with Crippen molar-refractivity contribution in [1.82, 2.24) is 0 Å². The molecule has 0 aliphatic rings. The van der Waals surface area contributed by atoms with E-state index in [2.05, 4.69) is 0 Å². The first-order valence-electron chi connectivity index (χ1n) is 7.51. The fraction of sp³-hybridized carbons (Fsp3) is 0.0526. The zero-order valence-electron chi connectivity index (χ0n) is 12.8. The Morgan fingerprint density at radius 2 is 1.33 bits per heavy atom. The van der Waals surface area contributed by atoms with Gasteiger partial charge in [-0.05, 0) is 0 Å². The number of halogens is 2. The van der Waals surface area contributed by atoms with Gasteiger partial charge in [0.15, 0.2) is 0 Å². The molecule has 0 aliphatic carbocycles. The SMILES string of the molecule is O[PH](OCc1ccc(F)cc1F)(c1ccccc1)c1ccccc1. The van der Waals surface area contributed by atoms with Crippen molar-refractivity contribution in [2.24, 2.45) is 0 Å². The van der Waals surface area contributed by atoms with Crippen LogP contribution in [-0.4, -0.2) is 4.89 Å². The van der Waals surface area contributed by atoms with Crippen LogP contribution < -0.4 is 10.6 Å². The predicted molar refractivity (Wildman–Crippen MR) is 93.8 cm³/mol. The van der Waals surface area contributed by atoms with Crippen molar-refractivity contribution >= 4 is 18.3 Å². The van der Waals surface area contributed by atoms with Gasteiger partial charge in [0.25, 0.3) is 0 Å². The summed E-state index contributed by atoms with van der Waals surface area (Å²) >= 11 is 0. The number of benzene rings is 3. The molecule has 0 amide bonds. The van der Waals surface area contributed by atoms with Gasteiger partial charge in [-0.3, -0.25) is 0 Å². The second kappa shape index (κ2) is 7.18. The van der Waals surface area contributed by atoms with E-state index in [4.69, 9.17) is 4.52 Å². The summed E-state index contributed by atoms with van der Waals surface area (Å²) in [5.41, 5.74) is 0.203. The maximum absolute atomic E-state index is 13.8. The minimum atomic E-state index is -3.48. The Kier molecular flexibility index (Phi) is 5.00. The molecule has 124 valence electrons. The van der Waals surface area contributed by atoms with Gasteiger partial charge in [0.05, 0.1) is 0 Å². The van der Waals surface area contributed by atoms with E-state index < -0.39 is 19.4 Å². The fourth-order valence-corrected chi connectivity index (χ4v) is 4.80. The molecule has 2 nitrogen and oxygen atoms in total. The van der Waals surface area contributed by atoms with Crippen molar-refractivity contribution < 1.29 is 18.2 Å². The van der Waals surface area contributed by atoms with E-state index in [9.17, 15) is 13.7 Å². The zero-order valence-corrected chi connectivity index (χ0v) is 13.8. The summed E-state index contributed by atoms with van der Waals surface area (Å²) in [6, 6.07) is 21.5. The van der Waals surface area contributed by atoms with Crippen LogP contribution in [0, 0.1) is 11.6 Å². The van der Waals surface area contributed by atoms with Gasteiger partial charge >= 0.3 is 139 Å². The molecule has 0 aliphatic heterocycles. The summed E-state index contributed by atoms with van der Waals surface area (Å²) in [7, 11) is -3.48. The van der Waals surface area contributed by atoms with Crippen molar-refractivity contribution in [2.45, 2.75) is 6.61 Å². The average Bonchev–Trinajstić information content (AvgIpc) is 2.62. The Labute approximate surface area is 139 Å². The first-order valence-corrected chi connectivity index (χ1v) is 9.36. The van der Waals surface area contributed by atoms with Crippen molar-refractivity contribution in [1.29, 1.82) is 0 Å². The van der Waals surface area contributed by atoms with Crippen LogP contribution in [-0.2, 0) is 11.1 Å². The number of hydrogen-bond donors (Lipinski definition) is 1. The van der Waals surface area contributed by atoms with E-state index in [0.29, 0.717) is 10.6 Å². The Balaban J connectivity index is 1.94. The molecule has 0 heterocycles. The minimum absolute atomic E-state index is 0.140. The van der Waals surface area contributed by atoms with E-state index in [1.54, 1.807) is 24.3 Å². The van der Waals surface area contributed by atoms with E-state index in [0.717, 1.165) is 6.07 Å². The molecular formula is C19H17F2O2P. The fourth-order valence-electron chi connectivity index (χ4n) is 2.48. The standard InChI is InChI=1S/C19H17F2O2P/c20-16-12-11-15(19(21)13-16)14-23-24(22,17-7-3-1-4-8-17)18-9-5-2-6-10-18/h1-13,22,24H,14H2. The third-order valence-corrected chi connectivity index (χ3v) is 6.58. The van der Waals surface area contributed by atoms with Crippen LogP contribution in [0.25, 0.3) is 0 Å². The number of hydrogen-bond acceptors (Lipinski definition) is 2. The topological polar surface area (TPSA) is 29.5 Å². The van der Waals surface area contributed by atoms with Crippen molar-refractivity contribution in [3.05, 3.63) is 96.1 Å². The second-order valence-electron chi connectivity index (χ2n) is 5.40. The molecule has 3 aromatic carbocycles. The molecule has 5 heteroatoms. The molecule has 3 aromatic rings. The molecule has 0 radical (unpaired) electrons. The van der Waals surface area contributed by atoms with Crippen LogP contribution in [0.3, 0.4) is 0 Å². The summed E-state index contributed by atoms with van der Waals surface area (Å²) in [5.74, 6) is -1.33. The van der Waals surface area contributed by atoms with E-state index in [-0.39, 0.29) is 12.2 Å². The van der Waals surface area contributed by atoms with Gasteiger partial charge in [0.1, 0.15) is 0 Å². The quantitative estimate of drug-likeness (QED) is 0.714. The second-order valence-corrected chi connectivity index (χ2v) is 8.13. The van der Waals surface area contributed by atoms with Gasteiger partial charge in [0, 0.05) is 0 Å². The molecule has 0 saturated heterocycles. The molecule has 0 spiro atoms. The van der Waals surface area contributed by atoms with Gasteiger partial charge in [-0.25, -0.2) is 0 Å². The van der Waals surface area contributed by atoms with Crippen LogP contribution >= 0.6 is 7.72 Å². The van der Waals surface area contributed by atoms with Crippen LogP contribution in [0.5, 0.6) is 0 Å². The van der Waals surface area contributed by atoms with Crippen LogP contribution in [0.2, 0.25) is 0 Å². The first kappa shape index (κ1) is 16.7. The molecular weight excluding hydrogens is 329 g/mol. The monoisotopic (exact) mass is 346 g/mol. The van der Waals surface area contributed by atoms with Gasteiger partial charge in [-0.2, -0.15) is 0 Å². The molecule has 0 aromatic heterocycles. The van der Waals surface area contributed by atoms with Crippen molar-refractivity contribution in [3.63, 3.8) is 0 Å². The summed E-state index contributed by atoms with van der Waals surface area (Å²) in [6.07, 6.45) is 0. The molecule has 24 heavy (non-hydrogen) atoms. The Bertz CT molecular complexity index is 771. The van der Waals surface area contributed by atoms with Crippen molar-refractivity contribution in [3.8, 4) is 0 Å². The van der Waals surface area contributed by atoms with Crippen LogP contribution in [0.15, 0.2) is 78.9 Å². The van der Waals surface area contributed by atoms with E-state index in [1.165, 1.54) is 12.1 Å². The molecule has 0 unspecified atom stereocenters. The van der Waals surface area contributed by atoms with Gasteiger partial charge < -0.3 is 0 Å². The Morgan fingerprint density at radius 3 is 1.83 bits per heavy atom. The molecule has 0 atom stereocenters. The van der Waals surface area contributed by atoms with E-state index >= 15 is 0 Å². The summed E-state index contributed by atoms with van der Waals surface area (Å²) in [5, 5.41) is 1.33. The Hall–Kier alpha value is -2.13. The molecule has 3 rings (SSSR count). The Morgan fingerprint density at radius 1 is 0.792 bits per heavy atom. The third kappa shape index (κ3) is 3.51. The predicted octanol–water partition coefficient (Wildman–Crippen LogP) is 3.70. The zero-order chi connectivity index (χ0) is 17.0. The summed E-state index contributed by atoms with van der Waals surface area (Å²) in [6.45, 7) is -0.140. The van der Waals surface area contributed by atoms with Crippen LogP contribution in [0.1, 0.15) is 5.56 Å². The molecule has 0 saturated carbocycles. The maximum atomic E-state index is 13.8.